The lowest BCUT2D eigenvalue weighted by Crippen LogP contribution is -2.48. The van der Waals surface area contributed by atoms with Crippen molar-refractivity contribution in [2.24, 2.45) is 5.92 Å². The average Bonchev–Trinajstić information content (AvgIpc) is 3.84. The summed E-state index contributed by atoms with van der Waals surface area (Å²) in [6, 6.07) is 34.0. The van der Waals surface area contributed by atoms with Gasteiger partial charge in [0.1, 0.15) is 5.41 Å². The Morgan fingerprint density at radius 1 is 0.652 bits per heavy atom. The molecule has 224 valence electrons. The Hall–Kier alpha value is -5.76. The van der Waals surface area contributed by atoms with Gasteiger partial charge in [0.25, 0.3) is 0 Å². The summed E-state index contributed by atoms with van der Waals surface area (Å²) in [7, 11) is 0. The molecule has 0 unspecified atom stereocenters. The van der Waals surface area contributed by atoms with Crippen molar-refractivity contribution in [3.63, 3.8) is 0 Å². The summed E-state index contributed by atoms with van der Waals surface area (Å²) in [4.78, 5) is 68.9. The molecular formula is C38H28N4O4. The number of hydrogen-bond donors (Lipinski definition) is 2. The third-order valence-corrected chi connectivity index (χ3v) is 10.3. The number of aromatic nitrogens is 2. The number of carbonyl (C=O) groups excluding carboxylic acids is 4. The zero-order chi connectivity index (χ0) is 31.2. The van der Waals surface area contributed by atoms with Crippen LogP contribution in [0.3, 0.4) is 0 Å². The Labute approximate surface area is 263 Å². The number of amides is 4. The van der Waals surface area contributed by atoms with Crippen molar-refractivity contribution >= 4 is 45.4 Å². The fraction of sp³-hybridized carbons (Fsp3) is 0.158. The minimum absolute atomic E-state index is 0.0562. The van der Waals surface area contributed by atoms with Gasteiger partial charge < -0.3 is 9.97 Å². The largest absolute Gasteiger partial charge is 0.361 e. The van der Waals surface area contributed by atoms with Gasteiger partial charge in [-0.15, -0.1) is 0 Å². The van der Waals surface area contributed by atoms with Gasteiger partial charge in [-0.1, -0.05) is 97.1 Å². The van der Waals surface area contributed by atoms with Crippen LogP contribution in [0.15, 0.2) is 115 Å². The number of benzene rings is 4. The van der Waals surface area contributed by atoms with Crippen LogP contribution in [0, 0.1) is 5.92 Å². The second-order valence-electron chi connectivity index (χ2n) is 12.5. The molecule has 46 heavy (non-hydrogen) atoms. The van der Waals surface area contributed by atoms with E-state index in [-0.39, 0.29) is 25.4 Å². The molecule has 2 aromatic heterocycles. The van der Waals surface area contributed by atoms with E-state index in [2.05, 4.69) is 9.97 Å². The van der Waals surface area contributed by atoms with Crippen molar-refractivity contribution in [3.05, 3.63) is 143 Å². The summed E-state index contributed by atoms with van der Waals surface area (Å²) in [6.07, 6.45) is 1.59. The summed E-state index contributed by atoms with van der Waals surface area (Å²) < 4.78 is 0. The van der Waals surface area contributed by atoms with Crippen LogP contribution in [0.2, 0.25) is 0 Å². The van der Waals surface area contributed by atoms with Crippen LogP contribution in [0.1, 0.15) is 34.4 Å². The average molecular weight is 605 g/mol. The van der Waals surface area contributed by atoms with Crippen LogP contribution in [0.4, 0.5) is 0 Å². The molecule has 0 bridgehead atoms. The van der Waals surface area contributed by atoms with Crippen LogP contribution in [-0.4, -0.2) is 43.4 Å². The zero-order valence-electron chi connectivity index (χ0n) is 24.7. The number of carbonyl (C=O) groups is 4. The van der Waals surface area contributed by atoms with Crippen LogP contribution in [0.5, 0.6) is 0 Å². The molecule has 2 aliphatic heterocycles. The molecule has 2 fully saturated rings. The SMILES string of the molecule is O=C1C[C@@]2(C(=O)N1Cc1ccccc1)c1c([nH]c3ccccc13)[C@@]1(c3c[nH]c4ccccc34)C(=O)N(Cc3ccccc3)C(=O)[C@H]12. The molecule has 0 radical (unpaired) electrons. The molecule has 3 aliphatic rings. The number of nitrogens with zero attached hydrogens (tertiary/aromatic N) is 2. The van der Waals surface area contributed by atoms with Gasteiger partial charge in [-0.2, -0.15) is 0 Å². The van der Waals surface area contributed by atoms with Gasteiger partial charge in [-0.3, -0.25) is 29.0 Å². The standard InChI is InChI=1S/C38H28N4O4/c43-30-19-37(35(45)41(30)21-23-11-3-1-4-12-23)31-26-16-8-10-18-29(26)40-33(31)38(27-20-39-28-17-9-7-15-25(27)28)32(37)34(44)42(36(38)46)22-24-13-5-2-6-14-24/h1-18,20,32,39-40H,19,21-22H2/t32-,37+,38-/m0/s1. The van der Waals surface area contributed by atoms with Gasteiger partial charge in [-0.25, -0.2) is 0 Å². The summed E-state index contributed by atoms with van der Waals surface area (Å²) in [5, 5.41) is 1.53. The smallest absolute Gasteiger partial charge is 0.247 e. The quantitative estimate of drug-likeness (QED) is 0.260. The van der Waals surface area contributed by atoms with Gasteiger partial charge in [0.05, 0.1) is 24.4 Å². The molecule has 1 aliphatic carbocycles. The highest BCUT2D eigenvalue weighted by Gasteiger charge is 2.79. The number of fused-ring (bicyclic) bond motifs is 8. The minimum atomic E-state index is -1.59. The van der Waals surface area contributed by atoms with Gasteiger partial charge in [0.2, 0.25) is 23.6 Å². The van der Waals surface area contributed by atoms with E-state index in [4.69, 9.17) is 0 Å². The first-order valence-electron chi connectivity index (χ1n) is 15.4. The van der Waals surface area contributed by atoms with E-state index >= 15 is 14.4 Å². The normalized spacial score (nSPS) is 23.8. The van der Waals surface area contributed by atoms with Gasteiger partial charge in [0.15, 0.2) is 0 Å². The van der Waals surface area contributed by atoms with Crippen molar-refractivity contribution < 1.29 is 19.2 Å². The van der Waals surface area contributed by atoms with E-state index in [1.54, 1.807) is 6.20 Å². The van der Waals surface area contributed by atoms with E-state index < -0.39 is 34.5 Å². The molecule has 2 saturated heterocycles. The first-order valence-corrected chi connectivity index (χ1v) is 15.4. The second-order valence-corrected chi connectivity index (χ2v) is 12.5. The fourth-order valence-corrected chi connectivity index (χ4v) is 8.48. The summed E-state index contributed by atoms with van der Waals surface area (Å²) >= 11 is 0. The fourth-order valence-electron chi connectivity index (χ4n) is 8.48. The summed E-state index contributed by atoms with van der Waals surface area (Å²) in [5.74, 6) is -2.82. The molecule has 4 aromatic carbocycles. The third kappa shape index (κ3) is 3.22. The molecule has 8 nitrogen and oxygen atoms in total. The van der Waals surface area contributed by atoms with Crippen molar-refractivity contribution in [1.82, 2.24) is 19.8 Å². The van der Waals surface area contributed by atoms with Gasteiger partial charge >= 0.3 is 0 Å². The molecule has 1 spiro atoms. The number of aromatic amines is 2. The first-order chi connectivity index (χ1) is 22.5. The number of nitrogens with one attached hydrogen (secondary N) is 2. The van der Waals surface area contributed by atoms with E-state index in [0.717, 1.165) is 32.9 Å². The Kier molecular flexibility index (Phi) is 5.43. The van der Waals surface area contributed by atoms with E-state index in [0.29, 0.717) is 16.8 Å². The zero-order valence-corrected chi connectivity index (χ0v) is 24.7. The summed E-state index contributed by atoms with van der Waals surface area (Å²) in [6.45, 7) is 0.140. The predicted molar refractivity (Wildman–Crippen MR) is 171 cm³/mol. The van der Waals surface area contributed by atoms with Gasteiger partial charge in [0, 0.05) is 40.1 Å². The number of H-pyrrole nitrogens is 2. The monoisotopic (exact) mass is 604 g/mol. The molecule has 4 heterocycles. The Morgan fingerprint density at radius 3 is 1.93 bits per heavy atom. The lowest BCUT2D eigenvalue weighted by atomic mass is 9.64. The number of likely N-dealkylation sites (tertiary alicyclic amines) is 2. The maximum atomic E-state index is 15.3. The van der Waals surface area contributed by atoms with Crippen LogP contribution >= 0.6 is 0 Å². The molecule has 9 rings (SSSR count). The molecule has 0 saturated carbocycles. The number of hydrogen-bond acceptors (Lipinski definition) is 4. The maximum absolute atomic E-state index is 15.3. The van der Waals surface area contributed by atoms with Crippen LogP contribution < -0.4 is 0 Å². The van der Waals surface area contributed by atoms with Crippen molar-refractivity contribution in [2.45, 2.75) is 30.3 Å². The lowest BCUT2D eigenvalue weighted by Gasteiger charge is -2.32. The predicted octanol–water partition coefficient (Wildman–Crippen LogP) is 5.33. The number of rotatable bonds is 5. The molecule has 4 amide bonds. The highest BCUT2D eigenvalue weighted by atomic mass is 16.2. The first kappa shape index (κ1) is 26.6. The Morgan fingerprint density at radius 2 is 1.24 bits per heavy atom. The molecule has 6 aromatic rings. The highest BCUT2D eigenvalue weighted by Crippen LogP contribution is 2.66. The topological polar surface area (TPSA) is 106 Å². The van der Waals surface area contributed by atoms with E-state index in [9.17, 15) is 4.79 Å². The molecule has 8 heteroatoms. The van der Waals surface area contributed by atoms with Gasteiger partial charge in [-0.05, 0) is 34.4 Å². The molecule has 3 atom stereocenters. The van der Waals surface area contributed by atoms with Crippen molar-refractivity contribution in [1.29, 1.82) is 0 Å². The summed E-state index contributed by atoms with van der Waals surface area (Å²) in [5.41, 5.74) is 1.71. The Bertz CT molecular complexity index is 2250. The van der Waals surface area contributed by atoms with Crippen LogP contribution in [0.25, 0.3) is 21.8 Å². The van der Waals surface area contributed by atoms with E-state index in [1.807, 2.05) is 109 Å². The second kappa shape index (κ2) is 9.37. The number of para-hydroxylation sites is 2. The molecular weight excluding hydrogens is 576 g/mol. The van der Waals surface area contributed by atoms with Crippen molar-refractivity contribution in [3.8, 4) is 0 Å². The highest BCUT2D eigenvalue weighted by molar-refractivity contribution is 6.23. The minimum Gasteiger partial charge on any atom is -0.361 e. The number of imide groups is 2. The third-order valence-electron chi connectivity index (χ3n) is 10.3. The maximum Gasteiger partial charge on any atom is 0.247 e. The molecule has 2 N–H and O–H groups in total. The van der Waals surface area contributed by atoms with Crippen molar-refractivity contribution in [2.75, 3.05) is 0 Å². The Balaban J connectivity index is 1.34. The lowest BCUT2D eigenvalue weighted by molar-refractivity contribution is -0.145. The van der Waals surface area contributed by atoms with Crippen LogP contribution in [-0.2, 0) is 43.1 Å². The van der Waals surface area contributed by atoms with E-state index in [1.165, 1.54) is 9.80 Å².